The number of halogens is 2. The van der Waals surface area contributed by atoms with Crippen LogP contribution in [0.5, 0.6) is 5.75 Å². The Hall–Kier alpha value is -1.54. The number of hydrogen-bond donors (Lipinski definition) is 2. The number of rotatable bonds is 6. The molecule has 0 saturated heterocycles. The van der Waals surface area contributed by atoms with Gasteiger partial charge in [-0.3, -0.25) is 4.99 Å². The van der Waals surface area contributed by atoms with Crippen molar-refractivity contribution in [2.24, 2.45) is 4.99 Å². The van der Waals surface area contributed by atoms with Gasteiger partial charge in [0.15, 0.2) is 5.96 Å². The first-order valence-electron chi connectivity index (χ1n) is 8.29. The lowest BCUT2D eigenvalue weighted by molar-refractivity contribution is 0.239. The first-order chi connectivity index (χ1) is 12.0. The lowest BCUT2D eigenvalue weighted by Gasteiger charge is -2.17. The van der Waals surface area contributed by atoms with E-state index in [1.165, 1.54) is 5.56 Å². The molecule has 2 N–H and O–H groups in total. The quantitative estimate of drug-likeness (QED) is 0.275. The molecule has 26 heavy (non-hydrogen) atoms. The van der Waals surface area contributed by atoms with Gasteiger partial charge in [0.2, 0.25) is 0 Å². The van der Waals surface area contributed by atoms with E-state index in [0.29, 0.717) is 24.2 Å². The molecule has 0 aliphatic heterocycles. The molecule has 0 unspecified atom stereocenters. The van der Waals surface area contributed by atoms with E-state index in [9.17, 15) is 0 Å². The van der Waals surface area contributed by atoms with E-state index >= 15 is 0 Å². The van der Waals surface area contributed by atoms with Crippen LogP contribution in [0.1, 0.15) is 30.5 Å². The van der Waals surface area contributed by atoms with Gasteiger partial charge in [0, 0.05) is 31.9 Å². The highest BCUT2D eigenvalue weighted by atomic mass is 127. The predicted octanol–water partition coefficient (Wildman–Crippen LogP) is 4.31. The Morgan fingerprint density at radius 1 is 1.19 bits per heavy atom. The maximum absolute atomic E-state index is 5.91. The molecule has 0 bridgehead atoms. The summed E-state index contributed by atoms with van der Waals surface area (Å²) in [6.45, 7) is 7.36. The summed E-state index contributed by atoms with van der Waals surface area (Å²) in [5.74, 6) is 1.62. The van der Waals surface area contributed by atoms with Gasteiger partial charge in [0.1, 0.15) is 10.9 Å². The monoisotopic (exact) mass is 488 g/mol. The van der Waals surface area contributed by atoms with E-state index in [-0.39, 0.29) is 30.1 Å². The van der Waals surface area contributed by atoms with Crippen molar-refractivity contribution in [1.82, 2.24) is 15.6 Å². The number of benzene rings is 1. The average molecular weight is 489 g/mol. The van der Waals surface area contributed by atoms with Crippen molar-refractivity contribution >= 4 is 41.5 Å². The minimum Gasteiger partial charge on any atom is -0.491 e. The number of ether oxygens (including phenoxy) is 1. The summed E-state index contributed by atoms with van der Waals surface area (Å²) in [6.07, 6.45) is 1.88. The van der Waals surface area contributed by atoms with E-state index in [0.717, 1.165) is 16.9 Å². The Morgan fingerprint density at radius 2 is 1.92 bits per heavy atom. The number of aliphatic imine (C=N–C) groups is 1. The van der Waals surface area contributed by atoms with Crippen molar-refractivity contribution in [2.75, 3.05) is 7.05 Å². The zero-order valence-electron chi connectivity index (χ0n) is 15.5. The topological polar surface area (TPSA) is 58.5 Å². The summed E-state index contributed by atoms with van der Waals surface area (Å²) in [7, 11) is 1.75. The van der Waals surface area contributed by atoms with Crippen molar-refractivity contribution in [2.45, 2.75) is 40.0 Å². The van der Waals surface area contributed by atoms with Crippen molar-refractivity contribution < 1.29 is 4.74 Å². The number of pyridine rings is 1. The van der Waals surface area contributed by atoms with Gasteiger partial charge in [-0.15, -0.1) is 24.0 Å². The average Bonchev–Trinajstić information content (AvgIpc) is 2.57. The fraction of sp³-hybridized carbons (Fsp3) is 0.368. The van der Waals surface area contributed by atoms with Crippen molar-refractivity contribution in [3.8, 4) is 5.75 Å². The molecular weight excluding hydrogens is 463 g/mol. The maximum atomic E-state index is 5.91. The third-order valence-corrected chi connectivity index (χ3v) is 3.73. The van der Waals surface area contributed by atoms with Crippen LogP contribution in [0, 0.1) is 6.92 Å². The molecule has 0 amide bonds. The highest BCUT2D eigenvalue weighted by molar-refractivity contribution is 14.0. The van der Waals surface area contributed by atoms with Crippen LogP contribution in [-0.2, 0) is 13.1 Å². The Labute approximate surface area is 177 Å². The van der Waals surface area contributed by atoms with Gasteiger partial charge < -0.3 is 15.4 Å². The van der Waals surface area contributed by atoms with Gasteiger partial charge >= 0.3 is 0 Å². The summed E-state index contributed by atoms with van der Waals surface area (Å²) in [4.78, 5) is 8.32. The van der Waals surface area contributed by atoms with E-state index in [4.69, 9.17) is 16.3 Å². The molecule has 0 fully saturated rings. The Balaban J connectivity index is 0.00000338. The third-order valence-electron chi connectivity index (χ3n) is 3.50. The number of aromatic nitrogens is 1. The summed E-state index contributed by atoms with van der Waals surface area (Å²) in [6, 6.07) is 9.93. The Bertz CT molecular complexity index is 720. The molecule has 7 heteroatoms. The van der Waals surface area contributed by atoms with Crippen molar-refractivity contribution in [3.05, 3.63) is 58.4 Å². The normalized spacial score (nSPS) is 11.1. The highest BCUT2D eigenvalue weighted by Gasteiger charge is 2.07. The van der Waals surface area contributed by atoms with Crippen LogP contribution in [0.3, 0.4) is 0 Å². The van der Waals surface area contributed by atoms with E-state index < -0.39 is 0 Å². The first kappa shape index (κ1) is 22.5. The van der Waals surface area contributed by atoms with Gasteiger partial charge in [-0.2, -0.15) is 0 Å². The van der Waals surface area contributed by atoms with Crippen LogP contribution >= 0.6 is 35.6 Å². The SMILES string of the molecule is CN=C(NCc1ccc(Cl)nc1)NCc1ccc(C)cc1OC(C)C.I. The van der Waals surface area contributed by atoms with Crippen molar-refractivity contribution in [1.29, 1.82) is 0 Å². The number of nitrogens with zero attached hydrogens (tertiary/aromatic N) is 2. The second-order valence-electron chi connectivity index (χ2n) is 6.05. The second-order valence-corrected chi connectivity index (χ2v) is 6.43. The summed E-state index contributed by atoms with van der Waals surface area (Å²) in [5, 5.41) is 7.06. The molecule has 0 atom stereocenters. The minimum atomic E-state index is 0. The molecule has 0 aliphatic carbocycles. The number of nitrogens with one attached hydrogen (secondary N) is 2. The van der Waals surface area contributed by atoms with Crippen LogP contribution in [0.15, 0.2) is 41.5 Å². The summed E-state index contributed by atoms with van der Waals surface area (Å²) in [5.41, 5.74) is 3.30. The zero-order valence-corrected chi connectivity index (χ0v) is 18.6. The molecular formula is C19H26ClIN4O. The van der Waals surface area contributed by atoms with Gasteiger partial charge in [-0.05, 0) is 44.0 Å². The van der Waals surface area contributed by atoms with Crippen LogP contribution in [-0.4, -0.2) is 24.1 Å². The standard InChI is InChI=1S/C19H25ClN4O.HI/c1-13(2)25-17-9-14(3)5-7-16(17)12-24-19(21-4)23-11-15-6-8-18(20)22-10-15;/h5-10,13H,11-12H2,1-4H3,(H2,21,23,24);1H. The van der Waals surface area contributed by atoms with Crippen LogP contribution in [0.2, 0.25) is 5.15 Å². The first-order valence-corrected chi connectivity index (χ1v) is 8.67. The molecule has 1 aromatic heterocycles. The fourth-order valence-electron chi connectivity index (χ4n) is 2.27. The van der Waals surface area contributed by atoms with E-state index in [2.05, 4.69) is 45.7 Å². The highest BCUT2D eigenvalue weighted by Crippen LogP contribution is 2.21. The second kappa shape index (κ2) is 11.2. The molecule has 0 spiro atoms. The van der Waals surface area contributed by atoms with Crippen LogP contribution in [0.4, 0.5) is 0 Å². The molecule has 1 aromatic carbocycles. The van der Waals surface area contributed by atoms with Gasteiger partial charge in [0.05, 0.1) is 6.10 Å². The lowest BCUT2D eigenvalue weighted by Crippen LogP contribution is -2.36. The van der Waals surface area contributed by atoms with Gasteiger partial charge in [0.25, 0.3) is 0 Å². The Morgan fingerprint density at radius 3 is 2.54 bits per heavy atom. The summed E-state index contributed by atoms with van der Waals surface area (Å²) < 4.78 is 5.91. The minimum absolute atomic E-state index is 0. The zero-order chi connectivity index (χ0) is 18.2. The number of hydrogen-bond acceptors (Lipinski definition) is 3. The molecule has 0 aliphatic rings. The molecule has 0 saturated carbocycles. The summed E-state index contributed by atoms with van der Waals surface area (Å²) >= 11 is 5.80. The maximum Gasteiger partial charge on any atom is 0.191 e. The fourth-order valence-corrected chi connectivity index (χ4v) is 2.38. The molecule has 142 valence electrons. The largest absolute Gasteiger partial charge is 0.491 e. The number of guanidine groups is 1. The smallest absolute Gasteiger partial charge is 0.191 e. The third kappa shape index (κ3) is 7.37. The van der Waals surface area contributed by atoms with Crippen LogP contribution in [0.25, 0.3) is 0 Å². The number of aryl methyl sites for hydroxylation is 1. The molecule has 2 rings (SSSR count). The lowest BCUT2D eigenvalue weighted by atomic mass is 10.1. The van der Waals surface area contributed by atoms with E-state index in [1.807, 2.05) is 19.9 Å². The van der Waals surface area contributed by atoms with Gasteiger partial charge in [-0.1, -0.05) is 29.8 Å². The molecule has 5 nitrogen and oxygen atoms in total. The Kier molecular flexibility index (Phi) is 9.72. The predicted molar refractivity (Wildman–Crippen MR) is 119 cm³/mol. The molecule has 0 radical (unpaired) electrons. The van der Waals surface area contributed by atoms with E-state index in [1.54, 1.807) is 19.3 Å². The molecule has 2 aromatic rings. The van der Waals surface area contributed by atoms with Crippen molar-refractivity contribution in [3.63, 3.8) is 0 Å². The van der Waals surface area contributed by atoms with Crippen LogP contribution < -0.4 is 15.4 Å². The van der Waals surface area contributed by atoms with Gasteiger partial charge in [-0.25, -0.2) is 4.98 Å². The molecule has 1 heterocycles.